The van der Waals surface area contributed by atoms with Crippen molar-refractivity contribution in [1.82, 2.24) is 10.6 Å². The number of hydrogen-bond donors (Lipinski definition) is 2. The highest BCUT2D eigenvalue weighted by Gasteiger charge is 2.18. The molecule has 1 amide bonds. The highest BCUT2D eigenvalue weighted by molar-refractivity contribution is 8.77. The molecule has 0 heterocycles. The molecular formula is C26H46N2O5S2. The second-order valence-corrected chi connectivity index (χ2v) is 12.7. The molecule has 35 heavy (non-hydrogen) atoms. The van der Waals surface area contributed by atoms with E-state index in [2.05, 4.69) is 45.3 Å². The van der Waals surface area contributed by atoms with Gasteiger partial charge in [-0.05, 0) is 44.0 Å². The zero-order chi connectivity index (χ0) is 25.9. The average molecular weight is 531 g/mol. The van der Waals surface area contributed by atoms with E-state index in [0.717, 1.165) is 25.5 Å². The van der Waals surface area contributed by atoms with Crippen LogP contribution in [-0.2, 0) is 14.2 Å². The Morgan fingerprint density at radius 3 is 2.43 bits per heavy atom. The number of ether oxygens (including phenoxy) is 4. The van der Waals surface area contributed by atoms with E-state index < -0.39 is 0 Å². The van der Waals surface area contributed by atoms with Gasteiger partial charge in [0.1, 0.15) is 17.8 Å². The fraction of sp³-hybridized carbons (Fsp3) is 0.731. The quantitative estimate of drug-likeness (QED) is 0.138. The third kappa shape index (κ3) is 18.0. The van der Waals surface area contributed by atoms with Crippen molar-refractivity contribution in [2.75, 3.05) is 59.8 Å². The lowest BCUT2D eigenvalue weighted by atomic mass is 10.1. The number of benzene rings is 1. The normalized spacial score (nSPS) is 12.7. The van der Waals surface area contributed by atoms with E-state index in [1.807, 2.05) is 19.2 Å². The molecule has 1 rings (SSSR count). The van der Waals surface area contributed by atoms with Gasteiger partial charge in [0.25, 0.3) is 5.91 Å². The highest BCUT2D eigenvalue weighted by Crippen LogP contribution is 2.38. The van der Waals surface area contributed by atoms with Gasteiger partial charge in [0.05, 0.1) is 26.4 Å². The van der Waals surface area contributed by atoms with Crippen LogP contribution in [0.4, 0.5) is 0 Å². The Morgan fingerprint density at radius 2 is 1.74 bits per heavy atom. The first-order valence-corrected chi connectivity index (χ1v) is 14.7. The lowest BCUT2D eigenvalue weighted by Crippen LogP contribution is -2.30. The van der Waals surface area contributed by atoms with Crippen molar-refractivity contribution >= 4 is 27.5 Å². The summed E-state index contributed by atoms with van der Waals surface area (Å²) in [4.78, 5) is 12.3. The first kappa shape index (κ1) is 32.1. The molecule has 1 aromatic carbocycles. The minimum Gasteiger partial charge on any atom is -0.490 e. The van der Waals surface area contributed by atoms with Crippen LogP contribution in [0.25, 0.3) is 0 Å². The Kier molecular flexibility index (Phi) is 17.6. The van der Waals surface area contributed by atoms with Gasteiger partial charge in [-0.15, -0.1) is 0 Å². The van der Waals surface area contributed by atoms with E-state index in [4.69, 9.17) is 18.9 Å². The van der Waals surface area contributed by atoms with Crippen LogP contribution in [-0.4, -0.2) is 75.9 Å². The predicted molar refractivity (Wildman–Crippen MR) is 149 cm³/mol. The van der Waals surface area contributed by atoms with Crippen LogP contribution in [0.3, 0.4) is 0 Å². The summed E-state index contributed by atoms with van der Waals surface area (Å²) in [5, 5.41) is 5.89. The maximum atomic E-state index is 12.3. The van der Waals surface area contributed by atoms with Gasteiger partial charge in [0.15, 0.2) is 0 Å². The lowest BCUT2D eigenvalue weighted by Gasteiger charge is -2.22. The van der Waals surface area contributed by atoms with E-state index in [0.29, 0.717) is 50.9 Å². The van der Waals surface area contributed by atoms with Crippen LogP contribution in [0, 0.1) is 5.92 Å². The molecule has 1 unspecified atom stereocenters. The van der Waals surface area contributed by atoms with Crippen molar-refractivity contribution in [3.05, 3.63) is 29.8 Å². The van der Waals surface area contributed by atoms with Crippen LogP contribution < -0.4 is 15.4 Å². The molecule has 0 bridgehead atoms. The van der Waals surface area contributed by atoms with Crippen molar-refractivity contribution in [3.8, 4) is 5.75 Å². The number of likely N-dealkylation sites (N-methyl/N-ethyl adjacent to an activating group) is 1. The number of carbonyl (C=O) groups is 1. The third-order valence-electron chi connectivity index (χ3n) is 4.52. The summed E-state index contributed by atoms with van der Waals surface area (Å²) in [6.45, 7) is 15.6. The Hall–Kier alpha value is -0.970. The van der Waals surface area contributed by atoms with Crippen molar-refractivity contribution in [1.29, 1.82) is 0 Å². The van der Waals surface area contributed by atoms with Gasteiger partial charge in [0.2, 0.25) is 0 Å². The van der Waals surface area contributed by atoms with Gasteiger partial charge in [-0.2, -0.15) is 0 Å². The summed E-state index contributed by atoms with van der Waals surface area (Å²) < 4.78 is 23.4. The summed E-state index contributed by atoms with van der Waals surface area (Å²) in [6, 6.07) is 7.23. The summed E-state index contributed by atoms with van der Waals surface area (Å²) in [5.41, 5.74) is 0.413. The molecule has 0 aliphatic carbocycles. The van der Waals surface area contributed by atoms with Crippen LogP contribution in [0.1, 0.15) is 57.8 Å². The summed E-state index contributed by atoms with van der Waals surface area (Å²) >= 11 is 0. The fourth-order valence-electron chi connectivity index (χ4n) is 2.75. The molecule has 0 aromatic heterocycles. The van der Waals surface area contributed by atoms with Crippen molar-refractivity contribution in [2.24, 2.45) is 5.92 Å². The highest BCUT2D eigenvalue weighted by atomic mass is 33.1. The average Bonchev–Trinajstić information content (AvgIpc) is 2.81. The lowest BCUT2D eigenvalue weighted by molar-refractivity contribution is 0.00107. The first-order chi connectivity index (χ1) is 16.7. The molecular weight excluding hydrogens is 484 g/mol. The first-order valence-electron chi connectivity index (χ1n) is 12.5. The molecule has 0 aliphatic rings. The van der Waals surface area contributed by atoms with Crippen LogP contribution in [0.2, 0.25) is 0 Å². The smallest absolute Gasteiger partial charge is 0.251 e. The largest absolute Gasteiger partial charge is 0.490 e. The number of nitrogens with one attached hydrogen (secondary N) is 2. The zero-order valence-corrected chi connectivity index (χ0v) is 24.0. The predicted octanol–water partition coefficient (Wildman–Crippen LogP) is 5.01. The monoisotopic (exact) mass is 530 g/mol. The maximum absolute atomic E-state index is 12.3. The Bertz CT molecular complexity index is 686. The maximum Gasteiger partial charge on any atom is 0.251 e. The summed E-state index contributed by atoms with van der Waals surface area (Å²) in [7, 11) is 5.27. The van der Waals surface area contributed by atoms with Gasteiger partial charge >= 0.3 is 0 Å². The minimum absolute atomic E-state index is 0.0983. The van der Waals surface area contributed by atoms with E-state index in [9.17, 15) is 4.79 Å². The standard InChI is InChI=1S/C26H46N2O5S2/c1-21(2)9-8-14-30-15-16-31-17-18-32-24(34-35-26(3,4)5)20-33-23-11-7-10-22(19-23)25(29)28-13-12-27-6/h7,10-11,19,21,24,27H,8-9,12-18,20H2,1-6H3,(H,28,29). The molecule has 2 N–H and O–H groups in total. The number of carbonyl (C=O) groups excluding carboxylic acids is 1. The molecule has 202 valence electrons. The Balaban J connectivity index is 2.40. The fourth-order valence-corrected chi connectivity index (χ4v) is 4.94. The minimum atomic E-state index is -0.164. The third-order valence-corrected chi connectivity index (χ3v) is 8.04. The molecule has 0 spiro atoms. The molecule has 9 heteroatoms. The van der Waals surface area contributed by atoms with Gasteiger partial charge in [-0.3, -0.25) is 4.79 Å². The van der Waals surface area contributed by atoms with E-state index in [1.165, 1.54) is 6.42 Å². The van der Waals surface area contributed by atoms with Gasteiger partial charge in [-0.25, -0.2) is 0 Å². The second-order valence-electron chi connectivity index (χ2n) is 9.55. The van der Waals surface area contributed by atoms with Gasteiger partial charge in [-0.1, -0.05) is 62.3 Å². The van der Waals surface area contributed by atoms with Crippen LogP contribution in [0.5, 0.6) is 5.75 Å². The van der Waals surface area contributed by atoms with E-state index in [-0.39, 0.29) is 16.1 Å². The molecule has 0 saturated carbocycles. The van der Waals surface area contributed by atoms with Crippen LogP contribution in [0.15, 0.2) is 24.3 Å². The van der Waals surface area contributed by atoms with Crippen molar-refractivity contribution in [2.45, 2.75) is 57.6 Å². The topological polar surface area (TPSA) is 78.1 Å². The molecule has 1 atom stereocenters. The SMILES string of the molecule is CNCCNC(=O)c1cccc(OCC(OCCOCCOCCCC(C)C)SSC(C)(C)C)c1. The molecule has 0 saturated heterocycles. The Morgan fingerprint density at radius 1 is 1.03 bits per heavy atom. The van der Waals surface area contributed by atoms with E-state index >= 15 is 0 Å². The molecule has 0 fully saturated rings. The van der Waals surface area contributed by atoms with Gasteiger partial charge in [0, 0.05) is 30.0 Å². The van der Waals surface area contributed by atoms with Crippen molar-refractivity contribution < 1.29 is 23.7 Å². The number of amides is 1. The second kappa shape index (κ2) is 19.2. The van der Waals surface area contributed by atoms with Gasteiger partial charge < -0.3 is 29.6 Å². The van der Waals surface area contributed by atoms with Crippen LogP contribution >= 0.6 is 21.6 Å². The number of hydrogen-bond acceptors (Lipinski definition) is 8. The van der Waals surface area contributed by atoms with E-state index in [1.54, 1.807) is 33.7 Å². The van der Waals surface area contributed by atoms with Crippen molar-refractivity contribution in [3.63, 3.8) is 0 Å². The number of rotatable bonds is 20. The Labute approximate surface area is 220 Å². The zero-order valence-electron chi connectivity index (χ0n) is 22.4. The molecule has 0 aliphatic heterocycles. The molecule has 7 nitrogen and oxygen atoms in total. The molecule has 0 radical (unpaired) electrons. The molecule has 1 aromatic rings. The summed E-state index contributed by atoms with van der Waals surface area (Å²) in [5.74, 6) is 1.25. The summed E-state index contributed by atoms with van der Waals surface area (Å²) in [6.07, 6.45) is 2.28.